The molecule has 0 aliphatic carbocycles. The van der Waals surface area contributed by atoms with E-state index in [4.69, 9.17) is 5.26 Å². The van der Waals surface area contributed by atoms with Crippen LogP contribution in [0.4, 0.5) is 0 Å². The van der Waals surface area contributed by atoms with E-state index >= 15 is 0 Å². The van der Waals surface area contributed by atoms with E-state index in [0.717, 1.165) is 26.2 Å². The van der Waals surface area contributed by atoms with Gasteiger partial charge in [-0.25, -0.2) is 0 Å². The lowest BCUT2D eigenvalue weighted by Gasteiger charge is -2.38. The van der Waals surface area contributed by atoms with Gasteiger partial charge in [-0.2, -0.15) is 5.26 Å². The first-order chi connectivity index (χ1) is 8.45. The first kappa shape index (κ1) is 14.9. The fourth-order valence-electron chi connectivity index (χ4n) is 2.16. The molecule has 2 unspecified atom stereocenters. The highest BCUT2D eigenvalue weighted by atomic mass is 16.2. The minimum Gasteiger partial charge on any atom is -0.353 e. The number of carbonyl (C=O) groups is 1. The van der Waals surface area contributed by atoms with Gasteiger partial charge in [-0.1, -0.05) is 0 Å². The van der Waals surface area contributed by atoms with Crippen LogP contribution >= 0.6 is 0 Å². The van der Waals surface area contributed by atoms with E-state index in [1.165, 1.54) is 0 Å². The summed E-state index contributed by atoms with van der Waals surface area (Å²) in [5, 5.41) is 11.8. The number of hydrogen-bond donors (Lipinski definition) is 1. The van der Waals surface area contributed by atoms with E-state index in [-0.39, 0.29) is 24.0 Å². The Balaban J connectivity index is 2.43. The Bertz CT molecular complexity index is 315. The number of carbonyl (C=O) groups excluding carboxylic acids is 1. The predicted octanol–water partition coefficient (Wildman–Crippen LogP) is 0.429. The Morgan fingerprint density at radius 2 is 1.61 bits per heavy atom. The third-order valence-corrected chi connectivity index (χ3v) is 3.44. The maximum absolute atomic E-state index is 11.9. The zero-order chi connectivity index (χ0) is 13.7. The van der Waals surface area contributed by atoms with Crippen molar-refractivity contribution < 1.29 is 4.79 Å². The summed E-state index contributed by atoms with van der Waals surface area (Å²) >= 11 is 0. The quantitative estimate of drug-likeness (QED) is 0.788. The molecular weight excluding hydrogens is 228 g/mol. The molecule has 2 atom stereocenters. The molecule has 0 spiro atoms. The topological polar surface area (TPSA) is 59.4 Å². The van der Waals surface area contributed by atoms with Crippen molar-refractivity contribution in [3.05, 3.63) is 0 Å². The molecule has 0 aromatic carbocycles. The van der Waals surface area contributed by atoms with E-state index in [0.29, 0.717) is 0 Å². The van der Waals surface area contributed by atoms with Gasteiger partial charge in [0.15, 0.2) is 0 Å². The van der Waals surface area contributed by atoms with Crippen LogP contribution in [0, 0.1) is 11.3 Å². The van der Waals surface area contributed by atoms with Crippen molar-refractivity contribution >= 4 is 5.91 Å². The Morgan fingerprint density at radius 3 is 2.06 bits per heavy atom. The molecule has 1 N–H and O–H groups in total. The van der Waals surface area contributed by atoms with Crippen molar-refractivity contribution in [3.8, 4) is 6.07 Å². The first-order valence-corrected chi connectivity index (χ1v) is 6.63. The van der Waals surface area contributed by atoms with E-state index < -0.39 is 0 Å². The summed E-state index contributed by atoms with van der Waals surface area (Å²) in [5.41, 5.74) is 0. The molecule has 1 fully saturated rings. The molecule has 0 bridgehead atoms. The van der Waals surface area contributed by atoms with Crippen LogP contribution in [0.5, 0.6) is 0 Å². The number of nitrogens with zero attached hydrogens (tertiary/aromatic N) is 3. The highest BCUT2D eigenvalue weighted by molar-refractivity contribution is 5.81. The van der Waals surface area contributed by atoms with Crippen LogP contribution in [0.3, 0.4) is 0 Å². The molecule has 0 aromatic heterocycles. The van der Waals surface area contributed by atoms with Crippen LogP contribution in [0.1, 0.15) is 27.7 Å². The van der Waals surface area contributed by atoms with Gasteiger partial charge in [0.2, 0.25) is 5.91 Å². The lowest BCUT2D eigenvalue weighted by molar-refractivity contribution is -0.127. The lowest BCUT2D eigenvalue weighted by atomic mass is 10.2. The summed E-state index contributed by atoms with van der Waals surface area (Å²) in [7, 11) is 0. The third-order valence-electron chi connectivity index (χ3n) is 3.44. The van der Waals surface area contributed by atoms with Gasteiger partial charge in [-0.15, -0.1) is 0 Å². The van der Waals surface area contributed by atoms with Gasteiger partial charge in [0.25, 0.3) is 0 Å². The second kappa shape index (κ2) is 6.72. The summed E-state index contributed by atoms with van der Waals surface area (Å²) in [4.78, 5) is 16.2. The number of amides is 1. The third kappa shape index (κ3) is 3.97. The standard InChI is InChI=1S/C13H24N4O/c1-10(2)15-13(18)12(4)17-7-5-16(6-8-17)11(3)9-14/h10-12H,5-8H2,1-4H3,(H,15,18). The SMILES string of the molecule is CC(C)NC(=O)C(C)N1CCN(C(C)C#N)CC1. The van der Waals surface area contributed by atoms with Gasteiger partial charge < -0.3 is 5.32 Å². The van der Waals surface area contributed by atoms with Crippen molar-refractivity contribution in [2.24, 2.45) is 0 Å². The van der Waals surface area contributed by atoms with Gasteiger partial charge in [0.1, 0.15) is 0 Å². The molecule has 1 saturated heterocycles. The molecule has 0 aromatic rings. The Kier molecular flexibility index (Phi) is 5.57. The fourth-order valence-corrected chi connectivity index (χ4v) is 2.16. The monoisotopic (exact) mass is 252 g/mol. The zero-order valence-electron chi connectivity index (χ0n) is 11.8. The minimum absolute atomic E-state index is 0.0352. The molecule has 102 valence electrons. The molecule has 18 heavy (non-hydrogen) atoms. The van der Waals surface area contributed by atoms with Crippen LogP contribution in [-0.4, -0.2) is 60.0 Å². The summed E-state index contributed by atoms with van der Waals surface area (Å²) in [5.74, 6) is 0.0896. The number of hydrogen-bond acceptors (Lipinski definition) is 4. The predicted molar refractivity (Wildman–Crippen MR) is 71.0 cm³/mol. The number of nitriles is 1. The maximum atomic E-state index is 11.9. The highest BCUT2D eigenvalue weighted by Gasteiger charge is 2.27. The maximum Gasteiger partial charge on any atom is 0.237 e. The van der Waals surface area contributed by atoms with Crippen LogP contribution in [0.2, 0.25) is 0 Å². The molecule has 0 radical (unpaired) electrons. The summed E-state index contributed by atoms with van der Waals surface area (Å²) in [6.45, 7) is 11.2. The second-order valence-corrected chi connectivity index (χ2v) is 5.22. The highest BCUT2D eigenvalue weighted by Crippen LogP contribution is 2.09. The van der Waals surface area contributed by atoms with E-state index in [2.05, 4.69) is 21.2 Å². The molecule has 1 aliphatic rings. The first-order valence-electron chi connectivity index (χ1n) is 6.63. The fraction of sp³-hybridized carbons (Fsp3) is 0.846. The smallest absolute Gasteiger partial charge is 0.237 e. The van der Waals surface area contributed by atoms with Gasteiger partial charge in [-0.3, -0.25) is 14.6 Å². The second-order valence-electron chi connectivity index (χ2n) is 5.22. The minimum atomic E-state index is -0.0908. The zero-order valence-corrected chi connectivity index (χ0v) is 11.8. The van der Waals surface area contributed by atoms with Crippen molar-refractivity contribution in [2.45, 2.75) is 45.8 Å². The largest absolute Gasteiger partial charge is 0.353 e. The van der Waals surface area contributed by atoms with Crippen LogP contribution < -0.4 is 5.32 Å². The Hall–Kier alpha value is -1.12. The molecule has 1 aliphatic heterocycles. The lowest BCUT2D eigenvalue weighted by Crippen LogP contribution is -2.55. The van der Waals surface area contributed by atoms with Crippen LogP contribution in [0.25, 0.3) is 0 Å². The normalized spacial score (nSPS) is 21.3. The van der Waals surface area contributed by atoms with E-state index in [9.17, 15) is 4.79 Å². The Morgan fingerprint density at radius 1 is 1.11 bits per heavy atom. The van der Waals surface area contributed by atoms with E-state index in [1.54, 1.807) is 0 Å². The summed E-state index contributed by atoms with van der Waals surface area (Å²) in [6, 6.07) is 2.31. The molecule has 1 heterocycles. The van der Waals surface area contributed by atoms with Crippen molar-refractivity contribution in [1.29, 1.82) is 5.26 Å². The molecule has 1 rings (SSSR count). The molecule has 5 heteroatoms. The van der Waals surface area contributed by atoms with Crippen molar-refractivity contribution in [2.75, 3.05) is 26.2 Å². The number of rotatable bonds is 4. The van der Waals surface area contributed by atoms with Gasteiger partial charge >= 0.3 is 0 Å². The molecule has 1 amide bonds. The average molecular weight is 252 g/mol. The Labute approximate surface area is 110 Å². The van der Waals surface area contributed by atoms with E-state index in [1.807, 2.05) is 27.7 Å². The number of nitrogens with one attached hydrogen (secondary N) is 1. The summed E-state index contributed by atoms with van der Waals surface area (Å²) < 4.78 is 0. The molecule has 5 nitrogen and oxygen atoms in total. The molecular formula is C13H24N4O. The van der Waals surface area contributed by atoms with Crippen molar-refractivity contribution in [1.82, 2.24) is 15.1 Å². The molecule has 0 saturated carbocycles. The summed E-state index contributed by atoms with van der Waals surface area (Å²) in [6.07, 6.45) is 0. The van der Waals surface area contributed by atoms with Crippen LogP contribution in [-0.2, 0) is 4.79 Å². The van der Waals surface area contributed by atoms with Gasteiger partial charge in [0, 0.05) is 32.2 Å². The number of piperazine rings is 1. The average Bonchev–Trinajstić information content (AvgIpc) is 2.36. The van der Waals surface area contributed by atoms with Crippen LogP contribution in [0.15, 0.2) is 0 Å². The van der Waals surface area contributed by atoms with Gasteiger partial charge in [0.05, 0.1) is 18.2 Å². The van der Waals surface area contributed by atoms with Crippen molar-refractivity contribution in [3.63, 3.8) is 0 Å². The van der Waals surface area contributed by atoms with Gasteiger partial charge in [-0.05, 0) is 27.7 Å².